The zero-order valence-electron chi connectivity index (χ0n) is 9.04. The van der Waals surface area contributed by atoms with E-state index in [1.54, 1.807) is 22.5 Å². The first-order chi connectivity index (χ1) is 8.27. The molecular weight excluding hydrogens is 256 g/mol. The zero-order valence-corrected chi connectivity index (χ0v) is 10.6. The lowest BCUT2D eigenvalue weighted by Gasteiger charge is -2.05. The average molecular weight is 267 g/mol. The lowest BCUT2D eigenvalue weighted by atomic mass is 10.4. The molecule has 0 atom stereocenters. The smallest absolute Gasteiger partial charge is 0.288 e. The van der Waals surface area contributed by atoms with Gasteiger partial charge in [0.05, 0.1) is 0 Å². The van der Waals surface area contributed by atoms with E-state index in [4.69, 9.17) is 11.6 Å². The summed E-state index contributed by atoms with van der Waals surface area (Å²) in [6, 6.07) is 10.1. The molecule has 2 rings (SSSR count). The maximum atomic E-state index is 11.6. The fourth-order valence-electron chi connectivity index (χ4n) is 1.38. The van der Waals surface area contributed by atoms with Gasteiger partial charge < -0.3 is 4.57 Å². The van der Waals surface area contributed by atoms with Gasteiger partial charge in [0.15, 0.2) is 5.15 Å². The van der Waals surface area contributed by atoms with Gasteiger partial charge in [0.25, 0.3) is 5.56 Å². The van der Waals surface area contributed by atoms with Crippen molar-refractivity contribution < 1.29 is 0 Å². The van der Waals surface area contributed by atoms with Gasteiger partial charge in [-0.3, -0.25) is 4.79 Å². The van der Waals surface area contributed by atoms with Gasteiger partial charge in [0, 0.05) is 29.6 Å². The van der Waals surface area contributed by atoms with Crippen molar-refractivity contribution >= 4 is 23.4 Å². The second-order valence-electron chi connectivity index (χ2n) is 3.38. The van der Waals surface area contributed by atoms with Crippen LogP contribution in [0.2, 0.25) is 5.15 Å². The predicted octanol–water partition coefficient (Wildman–Crippen LogP) is 2.69. The maximum absolute atomic E-state index is 11.6. The normalized spacial score (nSPS) is 10.4. The summed E-state index contributed by atoms with van der Waals surface area (Å²) in [5, 5.41) is 0.0252. The molecule has 1 aromatic heterocycles. The lowest BCUT2D eigenvalue weighted by Crippen LogP contribution is -2.21. The first kappa shape index (κ1) is 12.2. The summed E-state index contributed by atoms with van der Waals surface area (Å²) in [7, 11) is 0. The van der Waals surface area contributed by atoms with Crippen molar-refractivity contribution in [3.8, 4) is 0 Å². The molecule has 0 N–H and O–H groups in total. The van der Waals surface area contributed by atoms with Gasteiger partial charge in [-0.25, -0.2) is 4.98 Å². The number of nitrogens with zero attached hydrogens (tertiary/aromatic N) is 2. The van der Waals surface area contributed by atoms with Crippen molar-refractivity contribution in [1.82, 2.24) is 9.55 Å². The van der Waals surface area contributed by atoms with Gasteiger partial charge in [-0.2, -0.15) is 0 Å². The van der Waals surface area contributed by atoms with Crippen molar-refractivity contribution in [2.75, 3.05) is 5.75 Å². The van der Waals surface area contributed by atoms with Gasteiger partial charge >= 0.3 is 0 Å². The fraction of sp³-hybridized carbons (Fsp3) is 0.167. The number of hydrogen-bond donors (Lipinski definition) is 0. The van der Waals surface area contributed by atoms with E-state index < -0.39 is 0 Å². The van der Waals surface area contributed by atoms with Gasteiger partial charge in [0.2, 0.25) is 0 Å². The molecule has 0 saturated carbocycles. The van der Waals surface area contributed by atoms with E-state index in [2.05, 4.69) is 4.98 Å². The molecule has 0 bridgehead atoms. The van der Waals surface area contributed by atoms with Crippen molar-refractivity contribution in [2.45, 2.75) is 11.4 Å². The Morgan fingerprint density at radius 3 is 2.82 bits per heavy atom. The molecular formula is C12H11ClN2OS. The molecule has 3 nitrogen and oxygen atoms in total. The molecule has 0 aliphatic carbocycles. The SMILES string of the molecule is O=c1c(Cl)nccn1CCSc1ccccc1. The third kappa shape index (κ3) is 3.35. The highest BCUT2D eigenvalue weighted by molar-refractivity contribution is 7.99. The van der Waals surface area contributed by atoms with Gasteiger partial charge in [0.1, 0.15) is 0 Å². The Hall–Kier alpha value is -1.26. The largest absolute Gasteiger partial charge is 0.311 e. The first-order valence-electron chi connectivity index (χ1n) is 5.16. The van der Waals surface area contributed by atoms with Crippen LogP contribution in [0, 0.1) is 0 Å². The van der Waals surface area contributed by atoms with E-state index in [9.17, 15) is 4.79 Å². The number of aromatic nitrogens is 2. The minimum atomic E-state index is -0.233. The summed E-state index contributed by atoms with van der Waals surface area (Å²) in [6.45, 7) is 0.626. The summed E-state index contributed by atoms with van der Waals surface area (Å²) in [4.78, 5) is 16.5. The molecule has 0 radical (unpaired) electrons. The highest BCUT2D eigenvalue weighted by Gasteiger charge is 2.01. The average Bonchev–Trinajstić information content (AvgIpc) is 2.36. The molecule has 88 valence electrons. The van der Waals surface area contributed by atoms with Crippen LogP contribution >= 0.6 is 23.4 Å². The van der Waals surface area contributed by atoms with Crippen molar-refractivity contribution in [3.05, 3.63) is 58.2 Å². The second kappa shape index (κ2) is 5.89. The highest BCUT2D eigenvalue weighted by atomic mass is 35.5. The zero-order chi connectivity index (χ0) is 12.1. The molecule has 17 heavy (non-hydrogen) atoms. The van der Waals surface area contributed by atoms with Crippen LogP contribution in [0.3, 0.4) is 0 Å². The summed E-state index contributed by atoms with van der Waals surface area (Å²) >= 11 is 7.37. The predicted molar refractivity (Wildman–Crippen MR) is 70.7 cm³/mol. The summed E-state index contributed by atoms with van der Waals surface area (Å²) in [5.41, 5.74) is -0.233. The Bertz CT molecular complexity index is 542. The number of thioether (sulfide) groups is 1. The highest BCUT2D eigenvalue weighted by Crippen LogP contribution is 2.16. The third-order valence-electron chi connectivity index (χ3n) is 2.22. The summed E-state index contributed by atoms with van der Waals surface area (Å²) in [5.74, 6) is 0.824. The second-order valence-corrected chi connectivity index (χ2v) is 4.90. The number of aryl methyl sites for hydroxylation is 1. The van der Waals surface area contributed by atoms with Crippen LogP contribution in [0.1, 0.15) is 0 Å². The van der Waals surface area contributed by atoms with Crippen LogP contribution in [0.15, 0.2) is 52.4 Å². The van der Waals surface area contributed by atoms with E-state index in [-0.39, 0.29) is 10.7 Å². The molecule has 0 unspecified atom stereocenters. The van der Waals surface area contributed by atoms with Gasteiger partial charge in [-0.05, 0) is 12.1 Å². The number of benzene rings is 1. The summed E-state index contributed by atoms with van der Waals surface area (Å²) in [6.07, 6.45) is 3.19. The van der Waals surface area contributed by atoms with E-state index in [1.807, 2.05) is 30.3 Å². The Labute approximate surface area is 108 Å². The van der Waals surface area contributed by atoms with Crippen LogP contribution in [-0.4, -0.2) is 15.3 Å². The minimum absolute atomic E-state index is 0.0252. The van der Waals surface area contributed by atoms with Crippen molar-refractivity contribution in [3.63, 3.8) is 0 Å². The standard InChI is InChI=1S/C12H11ClN2OS/c13-11-12(16)15(7-6-14-11)8-9-17-10-4-2-1-3-5-10/h1-7H,8-9H2. The molecule has 0 spiro atoms. The van der Waals surface area contributed by atoms with E-state index >= 15 is 0 Å². The van der Waals surface area contributed by atoms with Crippen molar-refractivity contribution in [2.24, 2.45) is 0 Å². The number of halogens is 1. The molecule has 1 aromatic carbocycles. The van der Waals surface area contributed by atoms with E-state index in [0.717, 1.165) is 5.75 Å². The van der Waals surface area contributed by atoms with Crippen molar-refractivity contribution in [1.29, 1.82) is 0 Å². The Balaban J connectivity index is 1.95. The minimum Gasteiger partial charge on any atom is -0.311 e. The number of rotatable bonds is 4. The van der Waals surface area contributed by atoms with Crippen LogP contribution in [0.25, 0.3) is 0 Å². The Morgan fingerprint density at radius 1 is 1.29 bits per heavy atom. The molecule has 0 aliphatic heterocycles. The lowest BCUT2D eigenvalue weighted by molar-refractivity contribution is 0.725. The molecule has 5 heteroatoms. The topological polar surface area (TPSA) is 34.9 Å². The van der Waals surface area contributed by atoms with Crippen LogP contribution in [-0.2, 0) is 6.54 Å². The Morgan fingerprint density at radius 2 is 2.06 bits per heavy atom. The maximum Gasteiger partial charge on any atom is 0.288 e. The third-order valence-corrected chi connectivity index (χ3v) is 3.47. The van der Waals surface area contributed by atoms with Gasteiger partial charge in [-0.15, -0.1) is 11.8 Å². The molecule has 0 saturated heterocycles. The molecule has 2 aromatic rings. The quantitative estimate of drug-likeness (QED) is 0.798. The monoisotopic (exact) mass is 266 g/mol. The molecule has 0 fully saturated rings. The van der Waals surface area contributed by atoms with Crippen LogP contribution < -0.4 is 5.56 Å². The van der Waals surface area contributed by atoms with Crippen LogP contribution in [0.4, 0.5) is 0 Å². The molecule has 0 amide bonds. The van der Waals surface area contributed by atoms with E-state index in [0.29, 0.717) is 6.54 Å². The van der Waals surface area contributed by atoms with Gasteiger partial charge in [-0.1, -0.05) is 29.8 Å². The number of hydrogen-bond acceptors (Lipinski definition) is 3. The molecule has 0 aliphatic rings. The van der Waals surface area contributed by atoms with E-state index in [1.165, 1.54) is 11.1 Å². The fourth-order valence-corrected chi connectivity index (χ4v) is 2.41. The van der Waals surface area contributed by atoms with Crippen LogP contribution in [0.5, 0.6) is 0 Å². The first-order valence-corrected chi connectivity index (χ1v) is 6.52. The Kier molecular flexibility index (Phi) is 4.23. The molecule has 1 heterocycles. The summed E-state index contributed by atoms with van der Waals surface area (Å²) < 4.78 is 1.57.